The van der Waals surface area contributed by atoms with Crippen LogP contribution in [0.25, 0.3) is 0 Å². The second-order valence-corrected chi connectivity index (χ2v) is 10.3. The highest BCUT2D eigenvalue weighted by molar-refractivity contribution is 6.01. The lowest BCUT2D eigenvalue weighted by molar-refractivity contribution is -0.136. The van der Waals surface area contributed by atoms with E-state index in [-0.39, 0.29) is 23.9 Å². The van der Waals surface area contributed by atoms with Crippen LogP contribution in [-0.4, -0.2) is 78.5 Å². The summed E-state index contributed by atoms with van der Waals surface area (Å²) in [5.41, 5.74) is 2.33. The summed E-state index contributed by atoms with van der Waals surface area (Å²) in [6.07, 6.45) is 4.89. The van der Waals surface area contributed by atoms with Crippen molar-refractivity contribution in [1.82, 2.24) is 14.7 Å². The maximum atomic E-state index is 14.4. The number of nitrogens with zero attached hydrogens (tertiary/aromatic N) is 3. The van der Waals surface area contributed by atoms with E-state index in [0.717, 1.165) is 42.6 Å². The molecule has 2 atom stereocenters. The molecule has 1 aliphatic carbocycles. The number of amides is 3. The molecule has 0 N–H and O–H groups in total. The van der Waals surface area contributed by atoms with Crippen LogP contribution in [-0.2, 0) is 9.53 Å². The summed E-state index contributed by atoms with van der Waals surface area (Å²) in [6, 6.07) is 15.0. The lowest BCUT2D eigenvalue weighted by atomic mass is 9.77. The van der Waals surface area contributed by atoms with Crippen molar-refractivity contribution in [2.75, 3.05) is 39.9 Å². The van der Waals surface area contributed by atoms with Crippen molar-refractivity contribution in [3.05, 3.63) is 65.2 Å². The van der Waals surface area contributed by atoms with Gasteiger partial charge in [-0.1, -0.05) is 49.6 Å². The van der Waals surface area contributed by atoms with Crippen LogP contribution in [0.1, 0.15) is 72.5 Å². The molecule has 2 aliphatic heterocycles. The van der Waals surface area contributed by atoms with E-state index in [1.807, 2.05) is 58.3 Å². The molecule has 2 fully saturated rings. The minimum absolute atomic E-state index is 0.00417. The van der Waals surface area contributed by atoms with Gasteiger partial charge in [0.05, 0.1) is 25.7 Å². The van der Waals surface area contributed by atoms with Gasteiger partial charge in [0.2, 0.25) is 5.91 Å². The third-order valence-corrected chi connectivity index (χ3v) is 8.19. The Bertz CT molecular complexity index is 1150. The molecule has 2 heterocycles. The summed E-state index contributed by atoms with van der Waals surface area (Å²) in [5.74, 6) is 0.200. The highest BCUT2D eigenvalue weighted by Gasteiger charge is 2.48. The van der Waals surface area contributed by atoms with Gasteiger partial charge in [-0.3, -0.25) is 9.59 Å². The number of methoxy groups -OCH3 is 1. The van der Waals surface area contributed by atoms with Crippen LogP contribution >= 0.6 is 0 Å². The smallest absolute Gasteiger partial charge is 0.409 e. The van der Waals surface area contributed by atoms with Crippen LogP contribution in [0.2, 0.25) is 0 Å². The molecular weight excluding hydrogens is 482 g/mol. The predicted molar refractivity (Wildman–Crippen MR) is 143 cm³/mol. The molecule has 1 saturated heterocycles. The highest BCUT2D eigenvalue weighted by atomic mass is 16.6. The van der Waals surface area contributed by atoms with Crippen molar-refractivity contribution in [2.45, 2.75) is 57.0 Å². The molecule has 2 aromatic rings. The van der Waals surface area contributed by atoms with Gasteiger partial charge >= 0.3 is 6.09 Å². The number of benzene rings is 2. The Morgan fingerprint density at radius 1 is 0.895 bits per heavy atom. The molecule has 0 spiro atoms. The summed E-state index contributed by atoms with van der Waals surface area (Å²) < 4.78 is 10.6. The van der Waals surface area contributed by atoms with Crippen molar-refractivity contribution >= 4 is 17.9 Å². The van der Waals surface area contributed by atoms with Crippen molar-refractivity contribution in [2.24, 2.45) is 0 Å². The normalized spacial score (nSPS) is 22.2. The van der Waals surface area contributed by atoms with Crippen LogP contribution in [0.4, 0.5) is 4.79 Å². The minimum atomic E-state index is -0.534. The minimum Gasteiger partial charge on any atom is -0.497 e. The molecular formula is C30H37N3O5. The third-order valence-electron chi connectivity index (χ3n) is 8.19. The van der Waals surface area contributed by atoms with Gasteiger partial charge in [-0.15, -0.1) is 0 Å². The van der Waals surface area contributed by atoms with E-state index >= 15 is 0 Å². The molecule has 5 rings (SSSR count). The van der Waals surface area contributed by atoms with Gasteiger partial charge < -0.3 is 24.2 Å². The first-order valence-electron chi connectivity index (χ1n) is 13.8. The summed E-state index contributed by atoms with van der Waals surface area (Å²) in [7, 11) is 1.63. The Kier molecular flexibility index (Phi) is 7.86. The fraction of sp³-hybridized carbons (Fsp3) is 0.500. The van der Waals surface area contributed by atoms with Gasteiger partial charge in [-0.25, -0.2) is 4.79 Å². The Morgan fingerprint density at radius 2 is 1.55 bits per heavy atom. The number of carbonyl (C=O) groups is 3. The molecule has 0 radical (unpaired) electrons. The van der Waals surface area contributed by atoms with Crippen LogP contribution in [0.5, 0.6) is 5.75 Å². The van der Waals surface area contributed by atoms with E-state index in [4.69, 9.17) is 9.47 Å². The Hall–Kier alpha value is -3.55. The third kappa shape index (κ3) is 4.96. The molecule has 3 amide bonds. The Labute approximate surface area is 224 Å². The molecule has 202 valence electrons. The SMILES string of the molecule is CCOC(=O)N1CCN(C(=O)[C@@H]2c3ccccc3C(=O)N(C3CCCCC3)[C@@H]2c2ccc(OC)cc2)CC1. The number of hydrogen-bond acceptors (Lipinski definition) is 5. The van der Waals surface area contributed by atoms with E-state index in [0.29, 0.717) is 38.3 Å². The summed E-state index contributed by atoms with van der Waals surface area (Å²) in [5, 5.41) is 0. The largest absolute Gasteiger partial charge is 0.497 e. The zero-order chi connectivity index (χ0) is 26.6. The summed E-state index contributed by atoms with van der Waals surface area (Å²) >= 11 is 0. The molecule has 0 bridgehead atoms. The van der Waals surface area contributed by atoms with Crippen molar-refractivity contribution in [3.8, 4) is 5.75 Å². The summed E-state index contributed by atoms with van der Waals surface area (Å²) in [6.45, 7) is 3.84. The summed E-state index contributed by atoms with van der Waals surface area (Å²) in [4.78, 5) is 46.2. The first kappa shape index (κ1) is 26.1. The predicted octanol–water partition coefficient (Wildman–Crippen LogP) is 4.61. The van der Waals surface area contributed by atoms with Crippen molar-refractivity contribution in [3.63, 3.8) is 0 Å². The number of piperazine rings is 1. The number of hydrogen-bond donors (Lipinski definition) is 0. The Morgan fingerprint density at radius 3 is 2.21 bits per heavy atom. The van der Waals surface area contributed by atoms with Gasteiger partial charge in [-0.2, -0.15) is 0 Å². The van der Waals surface area contributed by atoms with Crippen LogP contribution < -0.4 is 4.74 Å². The molecule has 38 heavy (non-hydrogen) atoms. The zero-order valence-electron chi connectivity index (χ0n) is 22.3. The average Bonchev–Trinajstić information content (AvgIpc) is 2.97. The van der Waals surface area contributed by atoms with Crippen LogP contribution in [0.15, 0.2) is 48.5 Å². The molecule has 0 unspecified atom stereocenters. The first-order chi connectivity index (χ1) is 18.5. The molecule has 3 aliphatic rings. The molecule has 1 saturated carbocycles. The van der Waals surface area contributed by atoms with Crippen LogP contribution in [0, 0.1) is 0 Å². The standard InChI is InChI=1S/C30H37N3O5/c1-3-38-30(36)32-19-17-31(18-20-32)29(35)26-24-11-7-8-12-25(24)28(34)33(22-9-5-4-6-10-22)27(26)21-13-15-23(37-2)16-14-21/h7-8,11-16,22,26-27H,3-6,9-10,17-20H2,1-2H3/t26-,27-/m1/s1. The molecule has 8 heteroatoms. The maximum Gasteiger partial charge on any atom is 0.409 e. The van der Waals surface area contributed by atoms with Gasteiger partial charge in [0.15, 0.2) is 0 Å². The van der Waals surface area contributed by atoms with E-state index < -0.39 is 12.0 Å². The number of fused-ring (bicyclic) bond motifs is 1. The van der Waals surface area contributed by atoms with Crippen molar-refractivity contribution < 1.29 is 23.9 Å². The van der Waals surface area contributed by atoms with Crippen LogP contribution in [0.3, 0.4) is 0 Å². The molecule has 0 aromatic heterocycles. The average molecular weight is 520 g/mol. The monoisotopic (exact) mass is 519 g/mol. The Balaban J connectivity index is 1.53. The number of ether oxygens (including phenoxy) is 2. The van der Waals surface area contributed by atoms with Crippen molar-refractivity contribution in [1.29, 1.82) is 0 Å². The fourth-order valence-corrected chi connectivity index (χ4v) is 6.25. The lowest BCUT2D eigenvalue weighted by Gasteiger charge is -2.48. The second-order valence-electron chi connectivity index (χ2n) is 10.3. The highest BCUT2D eigenvalue weighted by Crippen LogP contribution is 2.46. The maximum absolute atomic E-state index is 14.4. The fourth-order valence-electron chi connectivity index (χ4n) is 6.25. The molecule has 2 aromatic carbocycles. The van der Waals surface area contributed by atoms with E-state index in [1.165, 1.54) is 6.42 Å². The second kappa shape index (κ2) is 11.5. The van der Waals surface area contributed by atoms with Gasteiger partial charge in [-0.05, 0) is 49.1 Å². The van der Waals surface area contributed by atoms with E-state index in [2.05, 4.69) is 0 Å². The first-order valence-corrected chi connectivity index (χ1v) is 13.8. The number of rotatable bonds is 5. The van der Waals surface area contributed by atoms with Gasteiger partial charge in [0.25, 0.3) is 5.91 Å². The van der Waals surface area contributed by atoms with E-state index in [1.54, 1.807) is 18.9 Å². The quantitative estimate of drug-likeness (QED) is 0.577. The zero-order valence-corrected chi connectivity index (χ0v) is 22.3. The molecule has 8 nitrogen and oxygen atoms in total. The van der Waals surface area contributed by atoms with E-state index in [9.17, 15) is 14.4 Å². The van der Waals surface area contributed by atoms with Gasteiger partial charge in [0, 0.05) is 37.8 Å². The topological polar surface area (TPSA) is 79.4 Å². The lowest BCUT2D eigenvalue weighted by Crippen LogP contribution is -2.55. The number of carbonyl (C=O) groups excluding carboxylic acids is 3. The van der Waals surface area contributed by atoms with Gasteiger partial charge in [0.1, 0.15) is 5.75 Å².